The number of halogens is 1. The maximum Gasteiger partial charge on any atom is 0.319 e. The molecule has 2 aromatic rings. The molecule has 5 rings (SSSR count). The van der Waals surface area contributed by atoms with Crippen LogP contribution in [0.5, 0.6) is 0 Å². The van der Waals surface area contributed by atoms with Crippen LogP contribution >= 0.6 is 11.6 Å². The van der Waals surface area contributed by atoms with Crippen LogP contribution in [-0.2, 0) is 12.1 Å². The van der Waals surface area contributed by atoms with E-state index in [9.17, 15) is 4.79 Å². The second-order valence-corrected chi connectivity index (χ2v) is 9.60. The van der Waals surface area contributed by atoms with E-state index >= 15 is 0 Å². The van der Waals surface area contributed by atoms with Crippen LogP contribution in [0, 0.1) is 0 Å². The molecule has 1 spiro atoms. The van der Waals surface area contributed by atoms with Crippen LogP contribution < -0.4 is 10.6 Å². The highest BCUT2D eigenvalue weighted by atomic mass is 35.5. The van der Waals surface area contributed by atoms with Crippen LogP contribution in [0.4, 0.5) is 10.5 Å². The monoisotopic (exact) mass is 431 g/mol. The Balaban J connectivity index is 1.48. The molecule has 2 fully saturated rings. The summed E-state index contributed by atoms with van der Waals surface area (Å²) in [6.45, 7) is 9.35. The van der Waals surface area contributed by atoms with E-state index in [1.807, 2.05) is 6.07 Å². The first-order chi connectivity index (χ1) is 14.4. The van der Waals surface area contributed by atoms with E-state index in [2.05, 4.69) is 34.3 Å². The number of piperazine rings is 1. The van der Waals surface area contributed by atoms with E-state index in [-0.39, 0.29) is 6.03 Å². The van der Waals surface area contributed by atoms with Gasteiger partial charge in [-0.2, -0.15) is 0 Å². The van der Waals surface area contributed by atoms with Crippen molar-refractivity contribution in [3.8, 4) is 0 Å². The number of carbonyl (C=O) groups excluding carboxylic acids is 1. The van der Waals surface area contributed by atoms with Crippen molar-refractivity contribution in [3.63, 3.8) is 0 Å². The zero-order valence-electron chi connectivity index (χ0n) is 17.8. The molecule has 0 atom stereocenters. The van der Waals surface area contributed by atoms with Gasteiger partial charge in [-0.3, -0.25) is 9.80 Å². The molecule has 1 aromatic heterocycles. The molecule has 1 aliphatic carbocycles. The van der Waals surface area contributed by atoms with Crippen LogP contribution in [-0.4, -0.2) is 53.0 Å². The van der Waals surface area contributed by atoms with Gasteiger partial charge in [0.15, 0.2) is 5.58 Å². The summed E-state index contributed by atoms with van der Waals surface area (Å²) in [5.41, 5.74) is 2.78. The maximum absolute atomic E-state index is 12.4. The Labute approximate surface area is 182 Å². The number of nitrogens with zero attached hydrogens (tertiary/aromatic N) is 3. The molecule has 0 radical (unpaired) electrons. The number of oxazole rings is 1. The highest BCUT2D eigenvalue weighted by Gasteiger charge is 2.44. The number of rotatable bonds is 3. The molecule has 0 bridgehead atoms. The van der Waals surface area contributed by atoms with Crippen molar-refractivity contribution in [2.45, 2.75) is 64.1 Å². The predicted molar refractivity (Wildman–Crippen MR) is 118 cm³/mol. The van der Waals surface area contributed by atoms with E-state index in [1.54, 1.807) is 0 Å². The van der Waals surface area contributed by atoms with Crippen molar-refractivity contribution in [2.24, 2.45) is 0 Å². The number of aromatic nitrogens is 1. The summed E-state index contributed by atoms with van der Waals surface area (Å²) in [5, 5.41) is 6.64. The lowest BCUT2D eigenvalue weighted by Crippen LogP contribution is -2.52. The maximum atomic E-state index is 12.4. The Hall–Kier alpha value is -1.83. The van der Waals surface area contributed by atoms with Gasteiger partial charge in [-0.15, -0.1) is 0 Å². The van der Waals surface area contributed by atoms with Crippen molar-refractivity contribution in [3.05, 3.63) is 22.5 Å². The molecule has 2 amide bonds. The molecule has 7 nitrogen and oxygen atoms in total. The van der Waals surface area contributed by atoms with E-state index < -0.39 is 5.54 Å². The van der Waals surface area contributed by atoms with E-state index in [0.29, 0.717) is 23.3 Å². The van der Waals surface area contributed by atoms with Gasteiger partial charge in [0.05, 0.1) is 22.8 Å². The fourth-order valence-electron chi connectivity index (χ4n) is 5.31. The van der Waals surface area contributed by atoms with Crippen LogP contribution in [0.15, 0.2) is 10.5 Å². The minimum atomic E-state index is -0.418. The minimum absolute atomic E-state index is 0.187. The van der Waals surface area contributed by atoms with Crippen LogP contribution in [0.3, 0.4) is 0 Å². The summed E-state index contributed by atoms with van der Waals surface area (Å²) in [6.07, 6.45) is 5.14. The van der Waals surface area contributed by atoms with Crippen molar-refractivity contribution >= 4 is 34.4 Å². The lowest BCUT2D eigenvalue weighted by atomic mass is 9.74. The van der Waals surface area contributed by atoms with Gasteiger partial charge in [0, 0.05) is 37.8 Å². The molecular weight excluding hydrogens is 402 g/mol. The Kier molecular flexibility index (Phi) is 5.16. The van der Waals surface area contributed by atoms with Crippen LogP contribution in [0.2, 0.25) is 5.02 Å². The summed E-state index contributed by atoms with van der Waals surface area (Å²) in [6, 6.07) is 2.22. The number of urea groups is 1. The normalized spacial score (nSPS) is 22.3. The summed E-state index contributed by atoms with van der Waals surface area (Å²) in [5.74, 6) is 0.718. The molecule has 162 valence electrons. The number of fused-ring (bicyclic) bond motifs is 4. The average molecular weight is 432 g/mol. The first-order valence-corrected chi connectivity index (χ1v) is 11.5. The molecule has 1 saturated carbocycles. The lowest BCUT2D eigenvalue weighted by molar-refractivity contribution is 0.0982. The second-order valence-electron chi connectivity index (χ2n) is 9.19. The third kappa shape index (κ3) is 3.47. The van der Waals surface area contributed by atoms with Gasteiger partial charge in [0.1, 0.15) is 5.52 Å². The average Bonchev–Trinajstić information content (AvgIpc) is 3.10. The molecule has 3 heterocycles. The Morgan fingerprint density at radius 3 is 2.63 bits per heavy atom. The summed E-state index contributed by atoms with van der Waals surface area (Å²) < 4.78 is 6.34. The number of nitrogens with one attached hydrogen (secondary N) is 2. The molecule has 0 unspecified atom stereocenters. The van der Waals surface area contributed by atoms with Gasteiger partial charge in [0.25, 0.3) is 0 Å². The number of anilines is 1. The van der Waals surface area contributed by atoms with Gasteiger partial charge in [-0.05, 0) is 32.8 Å². The SMILES string of the molecule is CC(C)N1CCN(Cc2nc3cc(Cl)c4c(c3o2)C2(CCCCC2)NC(=O)N4)CC1. The van der Waals surface area contributed by atoms with Crippen molar-refractivity contribution in [1.82, 2.24) is 20.1 Å². The molecule has 1 saturated heterocycles. The standard InChI is InChI=1S/C22H30ClN5O2/c1-14(2)28-10-8-27(9-11-28)13-17-24-16-12-15(23)19-18(20(16)30-17)22(26-21(29)25-19)6-4-3-5-7-22/h12,14H,3-11,13H2,1-2H3,(H2,25,26,29). The highest BCUT2D eigenvalue weighted by molar-refractivity contribution is 6.35. The minimum Gasteiger partial charge on any atom is -0.439 e. The van der Waals surface area contributed by atoms with Crippen molar-refractivity contribution < 1.29 is 9.21 Å². The summed E-state index contributed by atoms with van der Waals surface area (Å²) >= 11 is 6.60. The van der Waals surface area contributed by atoms with E-state index in [0.717, 1.165) is 74.4 Å². The predicted octanol–water partition coefficient (Wildman–Crippen LogP) is 4.30. The van der Waals surface area contributed by atoms with Gasteiger partial charge in [0.2, 0.25) is 5.89 Å². The van der Waals surface area contributed by atoms with Gasteiger partial charge in [-0.1, -0.05) is 30.9 Å². The summed E-state index contributed by atoms with van der Waals surface area (Å²) in [7, 11) is 0. The number of benzene rings is 1. The number of amides is 2. The van der Waals surface area contributed by atoms with E-state index in [4.69, 9.17) is 21.0 Å². The quantitative estimate of drug-likeness (QED) is 0.757. The van der Waals surface area contributed by atoms with Gasteiger partial charge in [-0.25, -0.2) is 9.78 Å². The Morgan fingerprint density at radius 2 is 1.93 bits per heavy atom. The second kappa shape index (κ2) is 7.70. The molecule has 1 aromatic carbocycles. The number of carbonyl (C=O) groups is 1. The fourth-order valence-corrected chi connectivity index (χ4v) is 5.56. The van der Waals surface area contributed by atoms with Crippen LogP contribution in [0.25, 0.3) is 11.1 Å². The lowest BCUT2D eigenvalue weighted by Gasteiger charge is -2.42. The largest absolute Gasteiger partial charge is 0.439 e. The Bertz CT molecular complexity index is 958. The Morgan fingerprint density at radius 1 is 1.20 bits per heavy atom. The first kappa shape index (κ1) is 20.1. The highest BCUT2D eigenvalue weighted by Crippen LogP contribution is 2.48. The molecule has 8 heteroatoms. The zero-order chi connectivity index (χ0) is 20.9. The third-order valence-corrected chi connectivity index (χ3v) is 7.25. The van der Waals surface area contributed by atoms with Crippen molar-refractivity contribution in [2.75, 3.05) is 31.5 Å². The molecule has 3 aliphatic rings. The fraction of sp³-hybridized carbons (Fsp3) is 0.636. The topological polar surface area (TPSA) is 73.6 Å². The summed E-state index contributed by atoms with van der Waals surface area (Å²) in [4.78, 5) is 22.1. The smallest absolute Gasteiger partial charge is 0.319 e. The van der Waals surface area contributed by atoms with Crippen molar-refractivity contribution in [1.29, 1.82) is 0 Å². The molecule has 2 aliphatic heterocycles. The van der Waals surface area contributed by atoms with Gasteiger partial charge >= 0.3 is 6.03 Å². The van der Waals surface area contributed by atoms with Gasteiger partial charge < -0.3 is 15.1 Å². The molecular formula is C22H30ClN5O2. The number of hydrogen-bond donors (Lipinski definition) is 2. The number of hydrogen-bond acceptors (Lipinski definition) is 5. The molecule has 30 heavy (non-hydrogen) atoms. The third-order valence-electron chi connectivity index (χ3n) is 6.95. The first-order valence-electron chi connectivity index (χ1n) is 11.1. The van der Waals surface area contributed by atoms with Crippen LogP contribution in [0.1, 0.15) is 57.4 Å². The molecule has 2 N–H and O–H groups in total. The van der Waals surface area contributed by atoms with E-state index in [1.165, 1.54) is 6.42 Å². The zero-order valence-corrected chi connectivity index (χ0v) is 18.5.